The van der Waals surface area contributed by atoms with Gasteiger partial charge < -0.3 is 66.2 Å². The smallest absolute Gasteiger partial charge is 0.408 e. The summed E-state index contributed by atoms with van der Waals surface area (Å²) < 4.78 is 24.8. The molecule has 0 heterocycles. The normalized spacial score (nSPS) is 12.5. The number of nitrogens with one attached hydrogen (secondary N) is 6. The van der Waals surface area contributed by atoms with Gasteiger partial charge in [-0.05, 0) is 141 Å². The zero-order chi connectivity index (χ0) is 49.3. The topological polar surface area (TPSA) is 327 Å². The molecule has 0 aliphatic heterocycles. The lowest BCUT2D eigenvalue weighted by atomic mass is 10.1. The van der Waals surface area contributed by atoms with Gasteiger partial charge in [0.25, 0.3) is 5.91 Å². The van der Waals surface area contributed by atoms with Crippen LogP contribution in [-0.2, 0) is 33.3 Å². The van der Waals surface area contributed by atoms with Gasteiger partial charge in [0.15, 0.2) is 0 Å². The zero-order valence-electron chi connectivity index (χ0n) is 38.7. The first kappa shape index (κ1) is 65.0. The van der Waals surface area contributed by atoms with Gasteiger partial charge in [0.1, 0.15) is 34.5 Å². The number of alkyl carbamates (subject to hydrolysis) is 4. The van der Waals surface area contributed by atoms with Crippen LogP contribution in [-0.4, -0.2) is 107 Å². The van der Waals surface area contributed by atoms with Crippen LogP contribution >= 0.6 is 38.4 Å². The highest BCUT2D eigenvalue weighted by molar-refractivity contribution is 7.79. The summed E-state index contributed by atoms with van der Waals surface area (Å²) in [7, 11) is 0. The molecule has 0 aliphatic rings. The highest BCUT2D eigenvalue weighted by Crippen LogP contribution is 2.11. The van der Waals surface area contributed by atoms with E-state index >= 15 is 0 Å². The molecule has 0 bridgehead atoms. The van der Waals surface area contributed by atoms with Crippen LogP contribution in [0.2, 0.25) is 0 Å². The highest BCUT2D eigenvalue weighted by atomic mass is 32.1. The molecule has 366 valence electrons. The van der Waals surface area contributed by atoms with Crippen LogP contribution in [0.25, 0.3) is 0 Å². The van der Waals surface area contributed by atoms with E-state index in [4.69, 9.17) is 35.5 Å². The Morgan fingerprint density at radius 2 is 0.839 bits per heavy atom. The van der Waals surface area contributed by atoms with E-state index in [1.807, 2.05) is 0 Å². The second kappa shape index (κ2) is 34.9. The van der Waals surface area contributed by atoms with Crippen LogP contribution in [0.4, 0.5) is 19.2 Å². The Labute approximate surface area is 385 Å². The van der Waals surface area contributed by atoms with Crippen molar-refractivity contribution in [3.63, 3.8) is 0 Å². The summed E-state index contributed by atoms with van der Waals surface area (Å²) in [6.45, 7) is 22.4. The minimum atomic E-state index is -1.12. The molecule has 3 unspecified atom stereocenters. The van der Waals surface area contributed by atoms with E-state index in [9.17, 15) is 33.6 Å². The van der Waals surface area contributed by atoms with E-state index in [-0.39, 0.29) is 12.3 Å². The maximum atomic E-state index is 11.8. The van der Waals surface area contributed by atoms with Gasteiger partial charge in [0.2, 0.25) is 5.91 Å². The van der Waals surface area contributed by atoms with E-state index in [1.54, 1.807) is 83.1 Å². The monoisotopic (exact) mass is 950 g/mol. The number of hydrogen-bond acceptors (Lipinski definition) is 17. The number of amides is 6. The van der Waals surface area contributed by atoms with Crippen molar-refractivity contribution in [2.75, 3.05) is 19.6 Å². The molecule has 0 rings (SSSR count). The summed E-state index contributed by atoms with van der Waals surface area (Å²) in [6.07, 6.45) is 3.00. The van der Waals surface area contributed by atoms with E-state index in [0.717, 1.165) is 12.8 Å². The number of hydrogen-bond donors (Lipinski definition) is 13. The van der Waals surface area contributed by atoms with Crippen molar-refractivity contribution < 1.29 is 57.6 Å². The SMILES string of the molecule is CC(C)(C)OC(=O)NCCCCC(NC(=O)OC(C)(C)C)C(=O)NS.CC(C)(C)OC(=O)NCCCCC(NC(=O)OC(C)(C)C)C(=O)O.NCCCCC(N)C(=O)NS.NS. The Morgan fingerprint density at radius 3 is 1.16 bits per heavy atom. The van der Waals surface area contributed by atoms with E-state index in [0.29, 0.717) is 58.2 Å². The Morgan fingerprint density at radius 1 is 0.516 bits per heavy atom. The highest BCUT2D eigenvalue weighted by Gasteiger charge is 2.25. The number of carboxylic acids is 1. The van der Waals surface area contributed by atoms with E-state index in [2.05, 4.69) is 74.3 Å². The minimum Gasteiger partial charge on any atom is -0.480 e. The second-order valence-electron chi connectivity index (χ2n) is 17.4. The van der Waals surface area contributed by atoms with Gasteiger partial charge >= 0.3 is 30.3 Å². The van der Waals surface area contributed by atoms with Gasteiger partial charge in [-0.2, -0.15) is 0 Å². The lowest BCUT2D eigenvalue weighted by molar-refractivity contribution is -0.139. The second-order valence-corrected chi connectivity index (χ2v) is 17.9. The van der Waals surface area contributed by atoms with Crippen molar-refractivity contribution in [3.8, 4) is 0 Å². The largest absolute Gasteiger partial charge is 0.480 e. The molecule has 13 N–H and O–H groups in total. The Balaban J connectivity index is -0.000000425. The summed E-state index contributed by atoms with van der Waals surface area (Å²) >= 11 is 10.4. The van der Waals surface area contributed by atoms with Crippen molar-refractivity contribution in [2.45, 2.75) is 181 Å². The standard InChI is InChI=1S/C16H31N3O5S.C16H30N2O6.C6H15N3OS.H3NS/c1-15(2,3)23-13(21)17-10-8-7-9-11(12(20)19-25)18-14(22)24-16(4,5)6;1-15(2,3)23-13(21)17-10-8-7-9-11(12(19)20)18-14(22)24-16(4,5)6;7-4-2-1-3-5(8)6(10)9-11;1-2/h11,25H,7-10H2,1-6H3,(H,17,21)(H,18,22)(H,19,20);11H,7-10H2,1-6H3,(H,17,21)(H,18,22)(H,19,20);5,11H,1-4,7-8H2,(H,9,10);2H,1H2. The minimum absolute atomic E-state index is 0.231. The number of carbonyl (C=O) groups excluding carboxylic acids is 6. The Hall–Kier alpha value is -3.58. The maximum absolute atomic E-state index is 11.8. The summed E-state index contributed by atoms with van der Waals surface area (Å²) in [5.74, 6) is -1.78. The number of aliphatic carboxylic acids is 1. The van der Waals surface area contributed by atoms with Gasteiger partial charge in [-0.15, -0.1) is 12.8 Å². The molecule has 0 radical (unpaired) electrons. The number of rotatable bonds is 19. The predicted octanol–water partition coefficient (Wildman–Crippen LogP) is 4.39. The molecule has 3 atom stereocenters. The van der Waals surface area contributed by atoms with Gasteiger partial charge in [-0.3, -0.25) is 14.7 Å². The number of nitrogens with two attached hydrogens (primary N) is 3. The van der Waals surface area contributed by atoms with Crippen molar-refractivity contribution in [1.82, 2.24) is 30.7 Å². The average Bonchev–Trinajstić information content (AvgIpc) is 3.11. The van der Waals surface area contributed by atoms with Gasteiger partial charge in [0.05, 0.1) is 6.04 Å². The van der Waals surface area contributed by atoms with Gasteiger partial charge in [-0.25, -0.2) is 24.0 Å². The predicted molar refractivity (Wildman–Crippen MR) is 248 cm³/mol. The van der Waals surface area contributed by atoms with Crippen molar-refractivity contribution in [1.29, 1.82) is 0 Å². The number of carboxylic acid groups (broad SMARTS) is 1. The molecule has 0 saturated carbocycles. The fraction of sp³-hybridized carbons (Fsp3) is 0.816. The number of ether oxygens (including phenoxy) is 4. The van der Waals surface area contributed by atoms with Crippen LogP contribution in [0.3, 0.4) is 0 Å². The Bertz CT molecular complexity index is 1310. The summed E-state index contributed by atoms with van der Waals surface area (Å²) in [5.41, 5.74) is 8.29. The third kappa shape index (κ3) is 45.9. The Kier molecular flexibility index (Phi) is 36.6. The fourth-order valence-corrected chi connectivity index (χ4v) is 4.50. The molecule has 0 aromatic carbocycles. The zero-order valence-corrected chi connectivity index (χ0v) is 41.4. The summed E-state index contributed by atoms with van der Waals surface area (Å²) in [5, 5.41) is 23.4. The summed E-state index contributed by atoms with van der Waals surface area (Å²) in [4.78, 5) is 80.1. The maximum Gasteiger partial charge on any atom is 0.408 e. The molecule has 24 heteroatoms. The van der Waals surface area contributed by atoms with Gasteiger partial charge in [-0.1, -0.05) is 32.1 Å². The van der Waals surface area contributed by atoms with Crippen LogP contribution in [0.1, 0.15) is 141 Å². The van der Waals surface area contributed by atoms with E-state index < -0.39 is 76.8 Å². The van der Waals surface area contributed by atoms with Crippen molar-refractivity contribution in [3.05, 3.63) is 0 Å². The first-order chi connectivity index (χ1) is 28.4. The molecule has 0 spiro atoms. The van der Waals surface area contributed by atoms with Crippen LogP contribution < -0.4 is 47.3 Å². The van der Waals surface area contributed by atoms with Crippen LogP contribution in [0.5, 0.6) is 0 Å². The number of thiol groups is 3. The first-order valence-corrected chi connectivity index (χ1v) is 21.5. The molecule has 62 heavy (non-hydrogen) atoms. The molecule has 21 nitrogen and oxygen atoms in total. The molecular weight excluding hydrogens is 871 g/mol. The number of carbonyl (C=O) groups is 7. The fourth-order valence-electron chi connectivity index (χ4n) is 4.18. The average molecular weight is 950 g/mol. The molecular formula is C38H79N9O12S3. The quantitative estimate of drug-likeness (QED) is 0.0485. The first-order valence-electron chi connectivity index (χ1n) is 20.1. The van der Waals surface area contributed by atoms with Crippen LogP contribution in [0.15, 0.2) is 0 Å². The molecule has 0 aromatic heterocycles. The molecule has 0 saturated heterocycles. The molecule has 0 aliphatic carbocycles. The third-order valence-electron chi connectivity index (χ3n) is 6.70. The molecule has 0 aromatic rings. The lowest BCUT2D eigenvalue weighted by Gasteiger charge is -2.23. The third-order valence-corrected chi connectivity index (χ3v) is 7.14. The molecule has 0 fully saturated rings. The summed E-state index contributed by atoms with van der Waals surface area (Å²) in [6, 6.07) is -2.23. The van der Waals surface area contributed by atoms with Crippen molar-refractivity contribution >= 4 is 80.6 Å². The number of unbranched alkanes of at least 4 members (excludes halogenated alkanes) is 3. The molecule has 6 amide bonds. The lowest BCUT2D eigenvalue weighted by Crippen LogP contribution is -2.46. The van der Waals surface area contributed by atoms with Gasteiger partial charge in [0, 0.05) is 13.1 Å². The van der Waals surface area contributed by atoms with Crippen molar-refractivity contribution in [2.24, 2.45) is 16.6 Å². The van der Waals surface area contributed by atoms with Crippen LogP contribution in [0, 0.1) is 0 Å². The van der Waals surface area contributed by atoms with E-state index in [1.165, 1.54) is 0 Å².